The van der Waals surface area contributed by atoms with Crippen molar-refractivity contribution in [1.82, 2.24) is 0 Å². The van der Waals surface area contributed by atoms with E-state index in [0.717, 1.165) is 0 Å². The molecular weight excluding hydrogens is 376 g/mol. The van der Waals surface area contributed by atoms with Crippen LogP contribution in [0.2, 0.25) is 0 Å². The van der Waals surface area contributed by atoms with Crippen LogP contribution >= 0.6 is 0 Å². The molecule has 8 heteroatoms. The maximum atomic E-state index is 12.1. The first-order chi connectivity index (χ1) is 13.9. The van der Waals surface area contributed by atoms with Crippen LogP contribution in [0.1, 0.15) is 30.1 Å². The minimum Gasteiger partial charge on any atom is -0.497 e. The topological polar surface area (TPSA) is 111 Å². The third kappa shape index (κ3) is 7.45. The van der Waals surface area contributed by atoms with E-state index in [1.54, 1.807) is 48.5 Å². The number of ether oxygens (including phenoxy) is 2. The van der Waals surface area contributed by atoms with Crippen molar-refractivity contribution in [3.63, 3.8) is 0 Å². The molecule has 0 saturated carbocycles. The van der Waals surface area contributed by atoms with E-state index in [9.17, 15) is 19.2 Å². The molecule has 0 bridgehead atoms. The molecule has 0 spiro atoms. The molecule has 0 fully saturated rings. The van der Waals surface area contributed by atoms with Crippen LogP contribution in [-0.4, -0.2) is 37.3 Å². The van der Waals surface area contributed by atoms with E-state index in [1.807, 2.05) is 0 Å². The van der Waals surface area contributed by atoms with E-state index in [-0.39, 0.29) is 30.4 Å². The minimum absolute atomic E-state index is 0.0837. The summed E-state index contributed by atoms with van der Waals surface area (Å²) in [5.74, 6) is -1.03. The highest BCUT2D eigenvalue weighted by Gasteiger charge is 2.12. The number of carbonyl (C=O) groups is 4. The highest BCUT2D eigenvalue weighted by atomic mass is 16.5. The fourth-order valence-corrected chi connectivity index (χ4v) is 2.38. The molecule has 0 aliphatic heterocycles. The van der Waals surface area contributed by atoms with Gasteiger partial charge in [-0.2, -0.15) is 0 Å². The van der Waals surface area contributed by atoms with Gasteiger partial charge < -0.3 is 20.1 Å². The number of ketones is 1. The van der Waals surface area contributed by atoms with Gasteiger partial charge in [0, 0.05) is 30.3 Å². The normalized spacial score (nSPS) is 10.0. The summed E-state index contributed by atoms with van der Waals surface area (Å²) in [4.78, 5) is 46.8. The van der Waals surface area contributed by atoms with Crippen LogP contribution in [0.25, 0.3) is 0 Å². The van der Waals surface area contributed by atoms with Crippen LogP contribution in [-0.2, 0) is 19.1 Å². The van der Waals surface area contributed by atoms with Crippen LogP contribution in [0.5, 0.6) is 5.75 Å². The van der Waals surface area contributed by atoms with E-state index in [0.29, 0.717) is 22.7 Å². The number of benzene rings is 2. The minimum atomic E-state index is -0.641. The maximum absolute atomic E-state index is 12.1. The molecule has 29 heavy (non-hydrogen) atoms. The summed E-state index contributed by atoms with van der Waals surface area (Å²) < 4.78 is 9.98. The van der Waals surface area contributed by atoms with Gasteiger partial charge in [-0.1, -0.05) is 12.1 Å². The number of Topliss-reactive ketones (excluding diaryl/α,β-unsaturated/α-hetero) is 1. The number of esters is 1. The predicted octanol–water partition coefficient (Wildman–Crippen LogP) is 2.80. The number of rotatable bonds is 9. The Morgan fingerprint density at radius 1 is 0.897 bits per heavy atom. The Kier molecular flexibility index (Phi) is 7.90. The molecule has 0 atom stereocenters. The summed E-state index contributed by atoms with van der Waals surface area (Å²) in [6.07, 6.45) is -0.235. The molecule has 152 valence electrons. The van der Waals surface area contributed by atoms with Gasteiger partial charge in [0.2, 0.25) is 11.8 Å². The zero-order valence-electron chi connectivity index (χ0n) is 16.2. The molecule has 0 heterocycles. The summed E-state index contributed by atoms with van der Waals surface area (Å²) in [5.41, 5.74) is 1.52. The zero-order valence-corrected chi connectivity index (χ0v) is 16.2. The van der Waals surface area contributed by atoms with Crippen molar-refractivity contribution in [2.75, 3.05) is 24.4 Å². The molecule has 0 radical (unpaired) electrons. The third-order valence-electron chi connectivity index (χ3n) is 3.80. The smallest absolute Gasteiger partial charge is 0.306 e. The van der Waals surface area contributed by atoms with Gasteiger partial charge in [-0.25, -0.2) is 0 Å². The monoisotopic (exact) mass is 398 g/mol. The standard InChI is InChI=1S/C21H22N2O6/c1-14(24)22-16-6-8-17(9-7-16)23-20(26)10-11-21(27)29-13-19(25)15-4-3-5-18(12-15)28-2/h3-9,12H,10-11,13H2,1-2H3,(H,22,24)(H,23,26). The van der Waals surface area contributed by atoms with Gasteiger partial charge in [-0.05, 0) is 36.4 Å². The fourth-order valence-electron chi connectivity index (χ4n) is 2.38. The summed E-state index contributed by atoms with van der Waals surface area (Å²) in [6, 6.07) is 13.1. The Labute approximate surface area is 168 Å². The van der Waals surface area contributed by atoms with Gasteiger partial charge in [0.15, 0.2) is 12.4 Å². The second kappa shape index (κ2) is 10.6. The SMILES string of the molecule is COc1cccc(C(=O)COC(=O)CCC(=O)Nc2ccc(NC(C)=O)cc2)c1. The molecule has 2 aromatic rings. The van der Waals surface area contributed by atoms with Crippen molar-refractivity contribution in [2.45, 2.75) is 19.8 Å². The number of hydrogen-bond acceptors (Lipinski definition) is 6. The second-order valence-electron chi connectivity index (χ2n) is 6.12. The van der Waals surface area contributed by atoms with Gasteiger partial charge in [0.05, 0.1) is 13.5 Å². The van der Waals surface area contributed by atoms with E-state index < -0.39 is 12.6 Å². The van der Waals surface area contributed by atoms with E-state index >= 15 is 0 Å². The predicted molar refractivity (Wildman–Crippen MR) is 107 cm³/mol. The molecular formula is C21H22N2O6. The largest absolute Gasteiger partial charge is 0.497 e. The molecule has 2 aromatic carbocycles. The molecule has 2 N–H and O–H groups in total. The molecule has 0 saturated heterocycles. The first-order valence-corrected chi connectivity index (χ1v) is 8.88. The summed E-state index contributed by atoms with van der Waals surface area (Å²) in [5, 5.41) is 5.26. The van der Waals surface area contributed by atoms with Crippen LogP contribution in [0, 0.1) is 0 Å². The van der Waals surface area contributed by atoms with E-state index in [4.69, 9.17) is 9.47 Å². The third-order valence-corrected chi connectivity index (χ3v) is 3.80. The van der Waals surface area contributed by atoms with Crippen molar-refractivity contribution in [3.8, 4) is 5.75 Å². The molecule has 2 rings (SSSR count). The van der Waals surface area contributed by atoms with Crippen molar-refractivity contribution >= 4 is 34.9 Å². The average molecular weight is 398 g/mol. The zero-order chi connectivity index (χ0) is 21.2. The number of nitrogens with one attached hydrogen (secondary N) is 2. The molecule has 8 nitrogen and oxygen atoms in total. The summed E-state index contributed by atoms with van der Waals surface area (Å²) in [6.45, 7) is 0.997. The second-order valence-corrected chi connectivity index (χ2v) is 6.12. The highest BCUT2D eigenvalue weighted by Crippen LogP contribution is 2.15. The maximum Gasteiger partial charge on any atom is 0.306 e. The fraction of sp³-hybridized carbons (Fsp3) is 0.238. The lowest BCUT2D eigenvalue weighted by molar-refractivity contribution is -0.143. The lowest BCUT2D eigenvalue weighted by atomic mass is 10.1. The quantitative estimate of drug-likeness (QED) is 0.496. The van der Waals surface area contributed by atoms with Gasteiger partial charge in [-0.15, -0.1) is 0 Å². The van der Waals surface area contributed by atoms with Crippen LogP contribution < -0.4 is 15.4 Å². The summed E-state index contributed by atoms with van der Waals surface area (Å²) >= 11 is 0. The van der Waals surface area contributed by atoms with Crippen molar-refractivity contribution < 1.29 is 28.7 Å². The van der Waals surface area contributed by atoms with E-state index in [1.165, 1.54) is 14.0 Å². The Morgan fingerprint density at radius 3 is 2.17 bits per heavy atom. The van der Waals surface area contributed by atoms with Crippen LogP contribution in [0.15, 0.2) is 48.5 Å². The first kappa shape index (κ1) is 21.6. The molecule has 0 unspecified atom stereocenters. The molecule has 0 aliphatic rings. The van der Waals surface area contributed by atoms with E-state index in [2.05, 4.69) is 10.6 Å². The van der Waals surface area contributed by atoms with Crippen LogP contribution in [0.4, 0.5) is 11.4 Å². The van der Waals surface area contributed by atoms with Crippen molar-refractivity contribution in [1.29, 1.82) is 0 Å². The Bertz CT molecular complexity index is 892. The number of anilines is 2. The molecule has 2 amide bonds. The number of carbonyl (C=O) groups excluding carboxylic acids is 4. The number of amides is 2. The average Bonchev–Trinajstić information content (AvgIpc) is 2.71. The van der Waals surface area contributed by atoms with Crippen molar-refractivity contribution in [2.24, 2.45) is 0 Å². The van der Waals surface area contributed by atoms with Gasteiger partial charge in [0.1, 0.15) is 5.75 Å². The van der Waals surface area contributed by atoms with Gasteiger partial charge in [-0.3, -0.25) is 19.2 Å². The first-order valence-electron chi connectivity index (χ1n) is 8.88. The number of methoxy groups -OCH3 is 1. The number of hydrogen-bond donors (Lipinski definition) is 2. The molecule has 0 aromatic heterocycles. The van der Waals surface area contributed by atoms with Gasteiger partial charge in [0.25, 0.3) is 0 Å². The Balaban J connectivity index is 1.73. The lowest BCUT2D eigenvalue weighted by Crippen LogP contribution is -2.17. The molecule has 0 aliphatic carbocycles. The Hall–Kier alpha value is -3.68. The van der Waals surface area contributed by atoms with Gasteiger partial charge >= 0.3 is 5.97 Å². The lowest BCUT2D eigenvalue weighted by Gasteiger charge is -2.08. The highest BCUT2D eigenvalue weighted by molar-refractivity contribution is 5.98. The van der Waals surface area contributed by atoms with Crippen molar-refractivity contribution in [3.05, 3.63) is 54.1 Å². The summed E-state index contributed by atoms with van der Waals surface area (Å²) in [7, 11) is 1.49. The Morgan fingerprint density at radius 2 is 1.55 bits per heavy atom. The van der Waals surface area contributed by atoms with Crippen LogP contribution in [0.3, 0.4) is 0 Å².